The Hall–Kier alpha value is -3.87. The van der Waals surface area contributed by atoms with Gasteiger partial charge in [0.05, 0.1) is 51.4 Å². The molecule has 16 heteroatoms. The van der Waals surface area contributed by atoms with E-state index in [0.29, 0.717) is 24.1 Å². The fraction of sp³-hybridized carbons (Fsp3) is 0.615. The zero-order valence-corrected chi connectivity index (χ0v) is 32.9. The van der Waals surface area contributed by atoms with Crippen LogP contribution in [-0.4, -0.2) is 126 Å². The molecule has 1 aliphatic heterocycles. The molecule has 2 aromatic rings. The molecule has 6 atom stereocenters. The Morgan fingerprint density at radius 1 is 0.909 bits per heavy atom. The lowest BCUT2D eigenvalue weighted by atomic mass is 9.79. The Morgan fingerprint density at radius 3 is 2.18 bits per heavy atom. The minimum absolute atomic E-state index is 0.0455. The van der Waals surface area contributed by atoms with Crippen molar-refractivity contribution in [1.29, 1.82) is 0 Å². The number of carbonyl (C=O) groups is 3. The largest absolute Gasteiger partial charge is 0.506 e. The second-order valence-electron chi connectivity index (χ2n) is 15.1. The molecule has 1 fully saturated rings. The summed E-state index contributed by atoms with van der Waals surface area (Å²) >= 11 is 0. The molecule has 1 saturated heterocycles. The summed E-state index contributed by atoms with van der Waals surface area (Å²) < 4.78 is 22.1. The van der Waals surface area contributed by atoms with Gasteiger partial charge in [0, 0.05) is 30.0 Å². The molecule has 2 amide bonds. The first kappa shape index (κ1) is 45.5. The smallest absolute Gasteiger partial charge is 0.251 e. The minimum Gasteiger partial charge on any atom is -0.506 e. The number of aliphatic hydroxyl groups is 3. The number of Topliss-reactive ketones (excluding diaryl/α,β-unsaturated/α-hetero) is 1. The van der Waals surface area contributed by atoms with Crippen molar-refractivity contribution in [2.45, 2.75) is 104 Å². The van der Waals surface area contributed by atoms with Crippen molar-refractivity contribution < 1.29 is 53.8 Å². The Morgan fingerprint density at radius 2 is 1.56 bits per heavy atom. The Labute approximate surface area is 323 Å². The van der Waals surface area contributed by atoms with Crippen molar-refractivity contribution in [1.82, 2.24) is 16.0 Å². The summed E-state index contributed by atoms with van der Waals surface area (Å²) in [4.78, 5) is 37.6. The number of phenolic OH excluding ortho intramolecular Hbond substituents is 1. The van der Waals surface area contributed by atoms with Crippen LogP contribution in [0.3, 0.4) is 0 Å². The summed E-state index contributed by atoms with van der Waals surface area (Å²) in [5.74, 6) is -0.664. The van der Waals surface area contributed by atoms with Gasteiger partial charge in [0.15, 0.2) is 12.1 Å². The average Bonchev–Trinajstić information content (AvgIpc) is 3.13. The van der Waals surface area contributed by atoms with Gasteiger partial charge in [0.2, 0.25) is 5.91 Å². The lowest BCUT2D eigenvalue weighted by Crippen LogP contribution is -2.64. The number of carbonyl (C=O) groups excluding carboxylic acids is 3. The van der Waals surface area contributed by atoms with E-state index in [4.69, 9.17) is 18.9 Å². The van der Waals surface area contributed by atoms with E-state index in [-0.39, 0.29) is 68.2 Å². The number of ketones is 1. The number of rotatable bonds is 21. The maximum atomic E-state index is 13.4. The second kappa shape index (κ2) is 21.4. The first-order chi connectivity index (χ1) is 25.9. The van der Waals surface area contributed by atoms with Crippen LogP contribution in [0.15, 0.2) is 52.7 Å². The molecule has 0 aromatic heterocycles. The topological polar surface area (TPSA) is 230 Å². The van der Waals surface area contributed by atoms with E-state index in [0.717, 1.165) is 5.56 Å². The van der Waals surface area contributed by atoms with Gasteiger partial charge in [-0.1, -0.05) is 26.8 Å². The standard InChI is InChI=1S/C39H59N5O11/c1-8-39(6,7)35(50)29(42-38(3,4)5)22-25-9-14-30(47)28(21-25)44-43-27-12-10-26(11-13-27)36(51)40-15-16-52-17-18-53-19-20-54-37-32(41-24(2)46)34(49)33(48)31(23-45)55-37/h9-14,21,29,31-34,37,42,45,47-49H,8,15-20,22-23H2,1-7H3,(H,40,51)(H,41,46)/b44-43+. The number of hydrogen-bond donors (Lipinski definition) is 7. The summed E-state index contributed by atoms with van der Waals surface area (Å²) in [5.41, 5.74) is 1.22. The molecule has 7 N–H and O–H groups in total. The Kier molecular flexibility index (Phi) is 17.7. The number of aliphatic hydroxyl groups excluding tert-OH is 3. The van der Waals surface area contributed by atoms with Crippen molar-refractivity contribution in [3.8, 4) is 5.75 Å². The fourth-order valence-corrected chi connectivity index (χ4v) is 5.68. The maximum absolute atomic E-state index is 13.4. The molecule has 1 heterocycles. The monoisotopic (exact) mass is 773 g/mol. The van der Waals surface area contributed by atoms with Crippen molar-refractivity contribution in [2.24, 2.45) is 15.6 Å². The lowest BCUT2D eigenvalue weighted by molar-refractivity contribution is -0.272. The zero-order chi connectivity index (χ0) is 40.8. The summed E-state index contributed by atoms with van der Waals surface area (Å²) in [6.45, 7) is 13.9. The number of phenols is 1. The van der Waals surface area contributed by atoms with Crippen LogP contribution in [0.4, 0.5) is 11.4 Å². The molecule has 0 saturated carbocycles. The predicted molar refractivity (Wildman–Crippen MR) is 203 cm³/mol. The van der Waals surface area contributed by atoms with Crippen LogP contribution in [0.2, 0.25) is 0 Å². The van der Waals surface area contributed by atoms with Gasteiger partial charge < -0.3 is 55.3 Å². The molecule has 0 aliphatic carbocycles. The van der Waals surface area contributed by atoms with E-state index in [1.165, 1.54) is 6.92 Å². The van der Waals surface area contributed by atoms with Crippen LogP contribution < -0.4 is 16.0 Å². The Bertz CT molecular complexity index is 1560. The van der Waals surface area contributed by atoms with E-state index in [9.17, 15) is 34.8 Å². The zero-order valence-electron chi connectivity index (χ0n) is 32.9. The molecule has 2 aromatic carbocycles. The summed E-state index contributed by atoms with van der Waals surface area (Å²) in [6.07, 6.45) is -3.81. The lowest BCUT2D eigenvalue weighted by Gasteiger charge is -2.42. The molecule has 306 valence electrons. The number of ether oxygens (including phenoxy) is 4. The maximum Gasteiger partial charge on any atom is 0.251 e. The highest BCUT2D eigenvalue weighted by molar-refractivity contribution is 5.94. The molecule has 0 radical (unpaired) electrons. The van der Waals surface area contributed by atoms with Gasteiger partial charge in [-0.05, 0) is 75.6 Å². The molecule has 3 rings (SSSR count). The highest BCUT2D eigenvalue weighted by Gasteiger charge is 2.45. The second-order valence-corrected chi connectivity index (χ2v) is 15.1. The number of azo groups is 1. The summed E-state index contributed by atoms with van der Waals surface area (Å²) in [5, 5.41) is 57.5. The number of aromatic hydroxyl groups is 1. The minimum atomic E-state index is -1.39. The van der Waals surface area contributed by atoms with E-state index < -0.39 is 54.6 Å². The van der Waals surface area contributed by atoms with E-state index >= 15 is 0 Å². The van der Waals surface area contributed by atoms with Crippen LogP contribution in [-0.2, 0) is 35.0 Å². The van der Waals surface area contributed by atoms with E-state index in [2.05, 4.69) is 26.2 Å². The average molecular weight is 774 g/mol. The molecule has 6 unspecified atom stereocenters. The van der Waals surface area contributed by atoms with Crippen molar-refractivity contribution in [3.63, 3.8) is 0 Å². The molecule has 0 spiro atoms. The van der Waals surface area contributed by atoms with Crippen LogP contribution >= 0.6 is 0 Å². The first-order valence-corrected chi connectivity index (χ1v) is 18.6. The van der Waals surface area contributed by atoms with Crippen LogP contribution in [0.25, 0.3) is 0 Å². The van der Waals surface area contributed by atoms with Crippen LogP contribution in [0, 0.1) is 5.41 Å². The number of hydrogen-bond acceptors (Lipinski definition) is 14. The quantitative estimate of drug-likeness (QED) is 0.0718. The van der Waals surface area contributed by atoms with Crippen LogP contribution in [0.5, 0.6) is 5.75 Å². The number of benzene rings is 2. The summed E-state index contributed by atoms with van der Waals surface area (Å²) in [7, 11) is 0. The highest BCUT2D eigenvalue weighted by Crippen LogP contribution is 2.31. The van der Waals surface area contributed by atoms with Gasteiger partial charge in [-0.25, -0.2) is 0 Å². The third-order valence-corrected chi connectivity index (χ3v) is 9.02. The van der Waals surface area contributed by atoms with Crippen molar-refractivity contribution in [2.75, 3.05) is 46.2 Å². The molecular weight excluding hydrogens is 714 g/mol. The summed E-state index contributed by atoms with van der Waals surface area (Å²) in [6, 6.07) is 10.1. The van der Waals surface area contributed by atoms with Crippen LogP contribution in [0.1, 0.15) is 70.8 Å². The van der Waals surface area contributed by atoms with Gasteiger partial charge in [0.25, 0.3) is 5.91 Å². The van der Waals surface area contributed by atoms with E-state index in [1.807, 2.05) is 41.5 Å². The normalized spacial score (nSPS) is 21.0. The highest BCUT2D eigenvalue weighted by atomic mass is 16.7. The predicted octanol–water partition coefficient (Wildman–Crippen LogP) is 2.84. The van der Waals surface area contributed by atoms with Gasteiger partial charge >= 0.3 is 0 Å². The molecule has 16 nitrogen and oxygen atoms in total. The Balaban J connectivity index is 1.39. The van der Waals surface area contributed by atoms with Gasteiger partial charge in [-0.2, -0.15) is 5.11 Å². The van der Waals surface area contributed by atoms with Crippen molar-refractivity contribution in [3.05, 3.63) is 53.6 Å². The molecule has 55 heavy (non-hydrogen) atoms. The van der Waals surface area contributed by atoms with Gasteiger partial charge in [-0.15, -0.1) is 5.11 Å². The SMILES string of the molecule is CCC(C)(C)C(=O)C(Cc1ccc(O)c(/N=N/c2ccc(C(=O)NCCOCCOCCOC3OC(CO)C(O)C(O)C3NC(C)=O)cc2)c1)NC(C)(C)C. The molecule has 1 aliphatic rings. The third kappa shape index (κ3) is 14.6. The number of amides is 2. The first-order valence-electron chi connectivity index (χ1n) is 18.6. The number of nitrogens with one attached hydrogen (secondary N) is 3. The third-order valence-electron chi connectivity index (χ3n) is 9.02. The fourth-order valence-electron chi connectivity index (χ4n) is 5.68. The van der Waals surface area contributed by atoms with Gasteiger partial charge in [0.1, 0.15) is 35.8 Å². The van der Waals surface area contributed by atoms with Crippen molar-refractivity contribution >= 4 is 29.0 Å². The van der Waals surface area contributed by atoms with Gasteiger partial charge in [-0.3, -0.25) is 14.4 Å². The van der Waals surface area contributed by atoms with E-state index in [1.54, 1.807) is 42.5 Å². The number of nitrogens with zero attached hydrogens (tertiary/aromatic N) is 2. The molecular formula is C39H59N5O11. The molecule has 0 bridgehead atoms.